The van der Waals surface area contributed by atoms with Gasteiger partial charge in [-0.1, -0.05) is 55.0 Å². The molecule has 0 saturated carbocycles. The smallest absolute Gasteiger partial charge is 0.268 e. The van der Waals surface area contributed by atoms with E-state index in [9.17, 15) is 14.4 Å². The Morgan fingerprint density at radius 3 is 2.42 bits per heavy atom. The van der Waals surface area contributed by atoms with Gasteiger partial charge in [0.25, 0.3) is 17.4 Å². The summed E-state index contributed by atoms with van der Waals surface area (Å²) >= 11 is 0. The van der Waals surface area contributed by atoms with Gasteiger partial charge >= 0.3 is 0 Å². The molecule has 0 radical (unpaired) electrons. The van der Waals surface area contributed by atoms with Crippen molar-refractivity contribution < 1.29 is 9.59 Å². The number of pyridine rings is 1. The third-order valence-corrected chi connectivity index (χ3v) is 5.13. The summed E-state index contributed by atoms with van der Waals surface area (Å²) in [6.45, 7) is 4.31. The standard InChI is InChI=1S/C25H23N5O3/c1-3-14-30-23(31)13-12-21(29-30)25(33)28-27-24(32)19-15-22(17-10-8-16(2)9-11-17)26-20-7-5-4-6-18(19)20/h4-13,15H,3,14H2,1-2H3,(H,27,32)(H,28,33). The van der Waals surface area contributed by atoms with Crippen molar-refractivity contribution >= 4 is 22.7 Å². The van der Waals surface area contributed by atoms with Crippen LogP contribution in [0.3, 0.4) is 0 Å². The van der Waals surface area contributed by atoms with E-state index in [0.717, 1.165) is 11.1 Å². The van der Waals surface area contributed by atoms with Crippen LogP contribution in [-0.2, 0) is 6.54 Å². The van der Waals surface area contributed by atoms with Gasteiger partial charge in [-0.15, -0.1) is 0 Å². The molecule has 2 aromatic heterocycles. The Hall–Kier alpha value is -4.33. The summed E-state index contributed by atoms with van der Waals surface area (Å²) < 4.78 is 1.22. The average molecular weight is 441 g/mol. The lowest BCUT2D eigenvalue weighted by Gasteiger charge is -2.12. The summed E-state index contributed by atoms with van der Waals surface area (Å²) in [6, 6.07) is 19.5. The van der Waals surface area contributed by atoms with E-state index in [1.807, 2.05) is 56.3 Å². The van der Waals surface area contributed by atoms with E-state index in [1.165, 1.54) is 16.8 Å². The lowest BCUT2D eigenvalue weighted by Crippen LogP contribution is -2.42. The van der Waals surface area contributed by atoms with Crippen LogP contribution >= 0.6 is 0 Å². The van der Waals surface area contributed by atoms with Gasteiger partial charge in [-0.2, -0.15) is 5.10 Å². The number of rotatable bonds is 5. The molecule has 0 saturated heterocycles. The number of amides is 2. The van der Waals surface area contributed by atoms with Crippen molar-refractivity contribution in [2.45, 2.75) is 26.8 Å². The van der Waals surface area contributed by atoms with Gasteiger partial charge in [0.2, 0.25) is 0 Å². The van der Waals surface area contributed by atoms with Crippen molar-refractivity contribution in [1.29, 1.82) is 0 Å². The molecule has 4 rings (SSSR count). The van der Waals surface area contributed by atoms with Gasteiger partial charge < -0.3 is 0 Å². The quantitative estimate of drug-likeness (QED) is 0.463. The lowest BCUT2D eigenvalue weighted by molar-refractivity contribution is 0.0843. The molecule has 2 heterocycles. The number of para-hydroxylation sites is 1. The van der Waals surface area contributed by atoms with Gasteiger partial charge in [-0.25, -0.2) is 9.67 Å². The van der Waals surface area contributed by atoms with Gasteiger partial charge in [-0.05, 0) is 31.5 Å². The Bertz CT molecular complexity index is 1390. The number of aryl methyl sites for hydroxylation is 2. The van der Waals surface area contributed by atoms with Gasteiger partial charge in [0.05, 0.1) is 16.8 Å². The van der Waals surface area contributed by atoms with Crippen molar-refractivity contribution in [1.82, 2.24) is 25.6 Å². The first kappa shape index (κ1) is 21.9. The maximum Gasteiger partial charge on any atom is 0.290 e. The number of nitrogens with zero attached hydrogens (tertiary/aromatic N) is 3. The Labute approximate surface area is 190 Å². The molecule has 0 fully saturated rings. The summed E-state index contributed by atoms with van der Waals surface area (Å²) in [4.78, 5) is 42.0. The Balaban J connectivity index is 1.60. The maximum atomic E-state index is 13.0. The predicted molar refractivity (Wildman–Crippen MR) is 126 cm³/mol. The molecule has 2 aromatic carbocycles. The molecular weight excluding hydrogens is 418 g/mol. The highest BCUT2D eigenvalue weighted by Gasteiger charge is 2.16. The van der Waals surface area contributed by atoms with Crippen molar-refractivity contribution in [3.05, 3.63) is 93.9 Å². The first-order chi connectivity index (χ1) is 16.0. The number of hydrogen-bond donors (Lipinski definition) is 2. The molecule has 4 aromatic rings. The first-order valence-electron chi connectivity index (χ1n) is 10.6. The van der Waals surface area contributed by atoms with Gasteiger partial charge in [0, 0.05) is 23.6 Å². The molecule has 0 bridgehead atoms. The summed E-state index contributed by atoms with van der Waals surface area (Å²) in [5.41, 5.74) is 8.27. The molecule has 0 spiro atoms. The molecular formula is C25H23N5O3. The highest BCUT2D eigenvalue weighted by molar-refractivity contribution is 6.08. The zero-order valence-corrected chi connectivity index (χ0v) is 18.3. The minimum Gasteiger partial charge on any atom is -0.268 e. The fourth-order valence-electron chi connectivity index (χ4n) is 3.42. The van der Waals surface area contributed by atoms with Crippen LogP contribution in [0.4, 0.5) is 0 Å². The Kier molecular flexibility index (Phi) is 6.26. The maximum absolute atomic E-state index is 13.0. The van der Waals surface area contributed by atoms with Crippen molar-refractivity contribution in [3.63, 3.8) is 0 Å². The molecule has 0 unspecified atom stereocenters. The third-order valence-electron chi connectivity index (χ3n) is 5.13. The van der Waals surface area contributed by atoms with Crippen LogP contribution in [0.1, 0.15) is 39.8 Å². The minimum atomic E-state index is -0.620. The molecule has 2 N–H and O–H groups in total. The van der Waals surface area contributed by atoms with Crippen LogP contribution in [0.2, 0.25) is 0 Å². The number of aromatic nitrogens is 3. The number of nitrogens with one attached hydrogen (secondary N) is 2. The third kappa shape index (κ3) is 4.79. The van der Waals surface area contributed by atoms with Crippen LogP contribution < -0.4 is 16.4 Å². The zero-order chi connectivity index (χ0) is 23.4. The van der Waals surface area contributed by atoms with Crippen LogP contribution in [0.15, 0.2) is 71.5 Å². The fourth-order valence-corrected chi connectivity index (χ4v) is 3.42. The highest BCUT2D eigenvalue weighted by Crippen LogP contribution is 2.25. The number of fused-ring (bicyclic) bond motifs is 1. The molecule has 8 heteroatoms. The second-order valence-electron chi connectivity index (χ2n) is 7.63. The number of hydrogen-bond acceptors (Lipinski definition) is 5. The van der Waals surface area contributed by atoms with E-state index in [2.05, 4.69) is 20.9 Å². The van der Waals surface area contributed by atoms with Crippen molar-refractivity contribution in [2.24, 2.45) is 0 Å². The molecule has 0 aliphatic carbocycles. The predicted octanol–water partition coefficient (Wildman–Crippen LogP) is 3.25. The normalized spacial score (nSPS) is 10.7. The molecule has 2 amide bonds. The van der Waals surface area contributed by atoms with Gasteiger partial charge in [-0.3, -0.25) is 25.2 Å². The van der Waals surface area contributed by atoms with Crippen LogP contribution in [0.25, 0.3) is 22.2 Å². The van der Waals surface area contributed by atoms with E-state index in [0.29, 0.717) is 35.1 Å². The molecule has 0 atom stereocenters. The van der Waals surface area contributed by atoms with E-state index in [-0.39, 0.29) is 11.3 Å². The lowest BCUT2D eigenvalue weighted by atomic mass is 10.0. The van der Waals surface area contributed by atoms with Gasteiger partial charge in [0.1, 0.15) is 0 Å². The number of carbonyl (C=O) groups excluding carboxylic acids is 2. The van der Waals surface area contributed by atoms with E-state index < -0.39 is 11.8 Å². The Morgan fingerprint density at radius 2 is 1.67 bits per heavy atom. The number of benzene rings is 2. The van der Waals surface area contributed by atoms with Gasteiger partial charge in [0.15, 0.2) is 5.69 Å². The second-order valence-corrected chi connectivity index (χ2v) is 7.63. The summed E-state index contributed by atoms with van der Waals surface area (Å²) in [5, 5.41) is 4.72. The first-order valence-corrected chi connectivity index (χ1v) is 10.6. The highest BCUT2D eigenvalue weighted by atomic mass is 16.2. The molecule has 166 valence electrons. The molecule has 0 aliphatic rings. The summed E-state index contributed by atoms with van der Waals surface area (Å²) in [5.74, 6) is -1.11. The summed E-state index contributed by atoms with van der Waals surface area (Å²) in [7, 11) is 0. The molecule has 8 nitrogen and oxygen atoms in total. The molecule has 33 heavy (non-hydrogen) atoms. The molecule has 0 aliphatic heterocycles. The monoisotopic (exact) mass is 441 g/mol. The zero-order valence-electron chi connectivity index (χ0n) is 18.3. The topological polar surface area (TPSA) is 106 Å². The minimum absolute atomic E-state index is 0.0308. The van der Waals surface area contributed by atoms with Crippen LogP contribution in [0.5, 0.6) is 0 Å². The fraction of sp³-hybridized carbons (Fsp3) is 0.160. The van der Waals surface area contributed by atoms with Crippen molar-refractivity contribution in [3.8, 4) is 11.3 Å². The van der Waals surface area contributed by atoms with Crippen molar-refractivity contribution in [2.75, 3.05) is 0 Å². The van der Waals surface area contributed by atoms with E-state index in [1.54, 1.807) is 12.1 Å². The number of carbonyl (C=O) groups is 2. The summed E-state index contributed by atoms with van der Waals surface area (Å²) in [6.07, 6.45) is 0.702. The van der Waals surface area contributed by atoms with E-state index in [4.69, 9.17) is 0 Å². The Morgan fingerprint density at radius 1 is 0.939 bits per heavy atom. The van der Waals surface area contributed by atoms with E-state index >= 15 is 0 Å². The van der Waals surface area contributed by atoms with Crippen LogP contribution in [-0.4, -0.2) is 26.6 Å². The largest absolute Gasteiger partial charge is 0.290 e. The SMILES string of the molecule is CCCn1nc(C(=O)NNC(=O)c2cc(-c3ccc(C)cc3)nc3ccccc23)ccc1=O. The second kappa shape index (κ2) is 9.44. The average Bonchev–Trinajstić information content (AvgIpc) is 2.83. The number of hydrazine groups is 1. The van der Waals surface area contributed by atoms with Crippen LogP contribution in [0, 0.1) is 6.92 Å².